The molecule has 1 N–H and O–H groups in total. The van der Waals surface area contributed by atoms with Crippen molar-refractivity contribution in [2.75, 3.05) is 13.1 Å². The number of amides is 1. The highest BCUT2D eigenvalue weighted by Gasteiger charge is 2.33. The molecule has 0 spiro atoms. The second kappa shape index (κ2) is 5.55. The van der Waals surface area contributed by atoms with Gasteiger partial charge in [0.2, 0.25) is 0 Å². The lowest BCUT2D eigenvalue weighted by Crippen LogP contribution is -2.51. The van der Waals surface area contributed by atoms with Crippen molar-refractivity contribution in [1.82, 2.24) is 4.90 Å². The average molecular weight is 300 g/mol. The summed E-state index contributed by atoms with van der Waals surface area (Å²) in [6.07, 6.45) is -1.47. The summed E-state index contributed by atoms with van der Waals surface area (Å²) < 4.78 is 5.21. The minimum Gasteiger partial charge on any atom is -0.479 e. The third kappa shape index (κ3) is 2.94. The molecule has 0 aromatic carbocycles. The molecule has 0 radical (unpaired) electrons. The Kier molecular flexibility index (Phi) is 4.00. The predicted molar refractivity (Wildman–Crippen MR) is 68.8 cm³/mol. The number of carbonyl (C=O) groups excluding carboxylic acids is 1. The fourth-order valence-electron chi connectivity index (χ4n) is 1.95. The molecular formula is C11H12N2O6S. The van der Waals surface area contributed by atoms with Crippen LogP contribution in [0.15, 0.2) is 12.1 Å². The maximum absolute atomic E-state index is 12.2. The van der Waals surface area contributed by atoms with Crippen LogP contribution in [0.3, 0.4) is 0 Å². The van der Waals surface area contributed by atoms with Crippen LogP contribution in [0.1, 0.15) is 16.6 Å². The van der Waals surface area contributed by atoms with Gasteiger partial charge >= 0.3 is 11.0 Å². The summed E-state index contributed by atoms with van der Waals surface area (Å²) in [5.41, 5.74) is 0. The quantitative estimate of drug-likeness (QED) is 0.658. The summed E-state index contributed by atoms with van der Waals surface area (Å²) in [6, 6.07) is 2.64. The number of thiophene rings is 1. The fraction of sp³-hybridized carbons (Fsp3) is 0.455. The molecule has 108 valence electrons. The summed E-state index contributed by atoms with van der Waals surface area (Å²) in [5.74, 6) is -1.55. The van der Waals surface area contributed by atoms with Crippen molar-refractivity contribution < 1.29 is 24.4 Å². The SMILES string of the molecule is C[C@@H]1CN(C(=O)c2ccc([N+](=O)[O-])s2)CC(C(=O)O)O1. The Morgan fingerprint density at radius 1 is 1.50 bits per heavy atom. The van der Waals surface area contributed by atoms with Crippen LogP contribution < -0.4 is 0 Å². The molecule has 2 atom stereocenters. The molecule has 9 heteroatoms. The number of ether oxygens (including phenoxy) is 1. The number of carbonyl (C=O) groups is 2. The van der Waals surface area contributed by atoms with Gasteiger partial charge in [-0.3, -0.25) is 14.9 Å². The van der Waals surface area contributed by atoms with E-state index in [1.54, 1.807) is 6.92 Å². The molecule has 1 saturated heterocycles. The first-order chi connectivity index (χ1) is 9.38. The monoisotopic (exact) mass is 300 g/mol. The van der Waals surface area contributed by atoms with Crippen LogP contribution in [0.2, 0.25) is 0 Å². The molecule has 0 saturated carbocycles. The molecule has 1 aliphatic heterocycles. The minimum atomic E-state index is -1.13. The number of rotatable bonds is 3. The van der Waals surface area contributed by atoms with Crippen LogP contribution in [0.4, 0.5) is 5.00 Å². The van der Waals surface area contributed by atoms with Crippen LogP contribution in [0.25, 0.3) is 0 Å². The molecule has 1 unspecified atom stereocenters. The van der Waals surface area contributed by atoms with Gasteiger partial charge in [0.25, 0.3) is 5.91 Å². The lowest BCUT2D eigenvalue weighted by molar-refractivity contribution is -0.380. The van der Waals surface area contributed by atoms with Gasteiger partial charge in [-0.1, -0.05) is 11.3 Å². The lowest BCUT2D eigenvalue weighted by Gasteiger charge is -2.34. The second-order valence-electron chi connectivity index (χ2n) is 4.38. The van der Waals surface area contributed by atoms with E-state index >= 15 is 0 Å². The van der Waals surface area contributed by atoms with Crippen molar-refractivity contribution >= 4 is 28.2 Å². The molecule has 2 heterocycles. The third-order valence-electron chi connectivity index (χ3n) is 2.81. The Labute approximate surface area is 117 Å². The van der Waals surface area contributed by atoms with Gasteiger partial charge in [-0.25, -0.2) is 4.79 Å². The van der Waals surface area contributed by atoms with E-state index in [1.807, 2.05) is 0 Å². The van der Waals surface area contributed by atoms with Gasteiger partial charge < -0.3 is 14.7 Å². The van der Waals surface area contributed by atoms with Crippen molar-refractivity contribution in [2.45, 2.75) is 19.1 Å². The van der Waals surface area contributed by atoms with Crippen LogP contribution in [-0.2, 0) is 9.53 Å². The predicted octanol–water partition coefficient (Wildman–Crippen LogP) is 0.970. The van der Waals surface area contributed by atoms with Gasteiger partial charge in [0, 0.05) is 12.6 Å². The highest BCUT2D eigenvalue weighted by atomic mass is 32.1. The van der Waals surface area contributed by atoms with Crippen LogP contribution in [0, 0.1) is 10.1 Å². The molecule has 1 aromatic heterocycles. The zero-order chi connectivity index (χ0) is 14.9. The number of nitro groups is 1. The summed E-state index contributed by atoms with van der Waals surface area (Å²) in [6.45, 7) is 1.87. The van der Waals surface area contributed by atoms with E-state index in [9.17, 15) is 19.7 Å². The van der Waals surface area contributed by atoms with Gasteiger partial charge in [-0.15, -0.1) is 0 Å². The first-order valence-electron chi connectivity index (χ1n) is 5.80. The van der Waals surface area contributed by atoms with E-state index in [1.165, 1.54) is 17.0 Å². The Morgan fingerprint density at radius 2 is 2.20 bits per heavy atom. The van der Waals surface area contributed by atoms with Crippen LogP contribution in [0.5, 0.6) is 0 Å². The fourth-order valence-corrected chi connectivity index (χ4v) is 2.74. The number of hydrogen-bond acceptors (Lipinski definition) is 6. The van der Waals surface area contributed by atoms with Crippen molar-refractivity contribution in [3.05, 3.63) is 27.1 Å². The molecule has 0 aliphatic carbocycles. The van der Waals surface area contributed by atoms with Gasteiger partial charge in [-0.2, -0.15) is 0 Å². The Morgan fingerprint density at radius 3 is 2.75 bits per heavy atom. The highest BCUT2D eigenvalue weighted by Crippen LogP contribution is 2.26. The number of carboxylic acids is 1. The Balaban J connectivity index is 2.14. The van der Waals surface area contributed by atoms with Crippen molar-refractivity contribution in [2.24, 2.45) is 0 Å². The zero-order valence-electron chi connectivity index (χ0n) is 10.5. The minimum absolute atomic E-state index is 0.0653. The van der Waals surface area contributed by atoms with Crippen LogP contribution >= 0.6 is 11.3 Å². The molecule has 8 nitrogen and oxygen atoms in total. The molecule has 2 rings (SSSR count). The maximum atomic E-state index is 12.2. The topological polar surface area (TPSA) is 110 Å². The molecule has 1 fully saturated rings. The maximum Gasteiger partial charge on any atom is 0.334 e. The first kappa shape index (κ1) is 14.4. The lowest BCUT2D eigenvalue weighted by atomic mass is 10.2. The summed E-state index contributed by atoms with van der Waals surface area (Å²) in [5, 5.41) is 19.4. The molecule has 20 heavy (non-hydrogen) atoms. The standard InChI is InChI=1S/C11H12N2O6S/c1-6-4-12(5-7(19-6)11(15)16)10(14)8-2-3-9(20-8)13(17)18/h2-3,6-7H,4-5H2,1H3,(H,15,16)/t6-,7?/m1/s1. The second-order valence-corrected chi connectivity index (χ2v) is 5.44. The number of aliphatic carboxylic acids is 1. The summed E-state index contributed by atoms with van der Waals surface area (Å²) in [7, 11) is 0. The average Bonchev–Trinajstić information content (AvgIpc) is 2.86. The van der Waals surface area contributed by atoms with Gasteiger partial charge in [0.05, 0.1) is 22.4 Å². The highest BCUT2D eigenvalue weighted by molar-refractivity contribution is 7.17. The van der Waals surface area contributed by atoms with E-state index in [4.69, 9.17) is 9.84 Å². The van der Waals surface area contributed by atoms with E-state index in [0.29, 0.717) is 0 Å². The van der Waals surface area contributed by atoms with Gasteiger partial charge in [-0.05, 0) is 13.0 Å². The van der Waals surface area contributed by atoms with Gasteiger partial charge in [0.15, 0.2) is 6.10 Å². The smallest absolute Gasteiger partial charge is 0.334 e. The van der Waals surface area contributed by atoms with Crippen molar-refractivity contribution in [3.63, 3.8) is 0 Å². The van der Waals surface area contributed by atoms with Crippen LogP contribution in [-0.4, -0.2) is 52.1 Å². The third-order valence-corrected chi connectivity index (χ3v) is 3.83. The molecule has 0 bridgehead atoms. The largest absolute Gasteiger partial charge is 0.479 e. The molecule has 1 aromatic rings. The Hall–Kier alpha value is -2.00. The van der Waals surface area contributed by atoms with Crippen molar-refractivity contribution in [3.8, 4) is 0 Å². The van der Waals surface area contributed by atoms with Crippen molar-refractivity contribution in [1.29, 1.82) is 0 Å². The number of hydrogen-bond donors (Lipinski definition) is 1. The number of morpholine rings is 1. The normalized spacial score (nSPS) is 22.6. The molecule has 1 amide bonds. The first-order valence-corrected chi connectivity index (χ1v) is 6.62. The van der Waals surface area contributed by atoms with E-state index < -0.39 is 29.0 Å². The van der Waals surface area contributed by atoms with E-state index in [-0.39, 0.29) is 23.0 Å². The molecule has 1 aliphatic rings. The number of carboxylic acid groups (broad SMARTS) is 1. The van der Waals surface area contributed by atoms with E-state index in [0.717, 1.165) is 11.3 Å². The Bertz CT molecular complexity index is 557. The number of nitrogens with zero attached hydrogens (tertiary/aromatic N) is 2. The van der Waals surface area contributed by atoms with E-state index in [2.05, 4.69) is 0 Å². The summed E-state index contributed by atoms with van der Waals surface area (Å²) in [4.78, 5) is 34.8. The summed E-state index contributed by atoms with van der Waals surface area (Å²) >= 11 is 0.775. The van der Waals surface area contributed by atoms with Gasteiger partial charge in [0.1, 0.15) is 0 Å². The zero-order valence-corrected chi connectivity index (χ0v) is 11.3. The molecular weight excluding hydrogens is 288 g/mol.